The van der Waals surface area contributed by atoms with Crippen molar-refractivity contribution in [1.29, 1.82) is 0 Å². The number of unbranched alkanes of at least 4 members (excludes halogenated alkanes) is 10. The highest BCUT2D eigenvalue weighted by molar-refractivity contribution is 5.91. The molecule has 2 aromatic rings. The molecule has 2 aromatic carbocycles. The zero-order valence-corrected chi connectivity index (χ0v) is 21.3. The fraction of sp³-hybridized carbons (Fsp3) is 0.567. The molecule has 0 amide bonds. The van der Waals surface area contributed by atoms with E-state index in [0.717, 1.165) is 43.2 Å². The second-order valence-corrected chi connectivity index (χ2v) is 9.19. The van der Waals surface area contributed by atoms with Gasteiger partial charge in [0.05, 0.1) is 0 Å². The fourth-order valence-corrected chi connectivity index (χ4v) is 4.29. The van der Waals surface area contributed by atoms with Gasteiger partial charge in [0.15, 0.2) is 0 Å². The highest BCUT2D eigenvalue weighted by atomic mass is 16.7. The highest BCUT2D eigenvalue weighted by Gasteiger charge is 2.18. The summed E-state index contributed by atoms with van der Waals surface area (Å²) in [6.45, 7) is 4.45. The maximum absolute atomic E-state index is 12.1. The van der Waals surface area contributed by atoms with Crippen LogP contribution in [0.3, 0.4) is 0 Å². The first-order chi connectivity index (χ1) is 16.7. The topological polar surface area (TPSA) is 55.8 Å². The minimum Gasteiger partial charge on any atom is -0.478 e. The molecule has 0 heterocycles. The van der Waals surface area contributed by atoms with E-state index >= 15 is 0 Å². The van der Waals surface area contributed by atoms with Crippen molar-refractivity contribution in [3.8, 4) is 11.5 Å². The molecule has 0 aliphatic heterocycles. The van der Waals surface area contributed by atoms with Crippen LogP contribution in [-0.2, 0) is 12.8 Å². The van der Waals surface area contributed by atoms with Crippen molar-refractivity contribution in [1.82, 2.24) is 0 Å². The Kier molecular flexibility index (Phi) is 13.9. The van der Waals surface area contributed by atoms with Gasteiger partial charge in [-0.05, 0) is 55.0 Å². The summed E-state index contributed by atoms with van der Waals surface area (Å²) < 4.78 is 11.6. The molecule has 0 radical (unpaired) electrons. The van der Waals surface area contributed by atoms with Crippen LogP contribution < -0.4 is 9.47 Å². The normalized spacial score (nSPS) is 10.9. The average molecular weight is 469 g/mol. The minimum absolute atomic E-state index is 0.00936. The van der Waals surface area contributed by atoms with Crippen LogP contribution in [0.1, 0.15) is 112 Å². The second-order valence-electron chi connectivity index (χ2n) is 9.19. The molecule has 34 heavy (non-hydrogen) atoms. The van der Waals surface area contributed by atoms with Gasteiger partial charge in [-0.15, -0.1) is 0 Å². The lowest BCUT2D eigenvalue weighted by molar-refractivity contribution is 0.0681. The van der Waals surface area contributed by atoms with Crippen LogP contribution >= 0.6 is 0 Å². The molecule has 4 heteroatoms. The van der Waals surface area contributed by atoms with Gasteiger partial charge in [0, 0.05) is 0 Å². The molecule has 1 N–H and O–H groups in total. The van der Waals surface area contributed by atoms with Gasteiger partial charge >= 0.3 is 5.97 Å². The Hall–Kier alpha value is -2.49. The standard InChI is InChI=1S/C30H44O4/c1-3-5-7-9-11-14-18-25-22-26(19-15-12-10-8-6-4-2)29(28(23-25)30(31)32)34-24-33-27-20-16-13-17-21-27/h13,16-17,20-23H,3-12,14-15,18-19,24H2,1-2H3,(H,31,32). The SMILES string of the molecule is CCCCCCCCc1cc(CCCCCCCC)c(OCOc2ccccc2)c(C(=O)O)c1. The number of carboxylic acids is 1. The molecule has 0 aliphatic rings. The monoisotopic (exact) mass is 468 g/mol. The minimum atomic E-state index is -0.941. The number of hydrogen-bond acceptors (Lipinski definition) is 3. The van der Waals surface area contributed by atoms with Gasteiger partial charge in [-0.1, -0.05) is 102 Å². The van der Waals surface area contributed by atoms with Gasteiger partial charge < -0.3 is 14.6 Å². The van der Waals surface area contributed by atoms with E-state index in [4.69, 9.17) is 9.47 Å². The largest absolute Gasteiger partial charge is 0.478 e. The molecule has 0 saturated heterocycles. The Labute approximate surface area is 206 Å². The van der Waals surface area contributed by atoms with E-state index in [2.05, 4.69) is 19.9 Å². The number of rotatable bonds is 19. The van der Waals surface area contributed by atoms with Gasteiger partial charge in [0.2, 0.25) is 6.79 Å². The molecule has 0 bridgehead atoms. The van der Waals surface area contributed by atoms with E-state index in [-0.39, 0.29) is 12.4 Å². The smallest absolute Gasteiger partial charge is 0.339 e. The number of carbonyl (C=O) groups is 1. The lowest BCUT2D eigenvalue weighted by Gasteiger charge is -2.17. The highest BCUT2D eigenvalue weighted by Crippen LogP contribution is 2.29. The van der Waals surface area contributed by atoms with Crippen molar-refractivity contribution >= 4 is 5.97 Å². The summed E-state index contributed by atoms with van der Waals surface area (Å²) in [6, 6.07) is 13.4. The van der Waals surface area contributed by atoms with Crippen LogP contribution in [0.15, 0.2) is 42.5 Å². The summed E-state index contributed by atoms with van der Waals surface area (Å²) >= 11 is 0. The van der Waals surface area contributed by atoms with E-state index in [0.29, 0.717) is 11.5 Å². The maximum atomic E-state index is 12.1. The maximum Gasteiger partial charge on any atom is 0.339 e. The van der Waals surface area contributed by atoms with Crippen LogP contribution in [0.2, 0.25) is 0 Å². The summed E-state index contributed by atoms with van der Waals surface area (Å²) in [7, 11) is 0. The predicted octanol–water partition coefficient (Wildman–Crippen LogP) is 8.61. The molecule has 4 nitrogen and oxygen atoms in total. The third kappa shape index (κ3) is 10.6. The summed E-state index contributed by atoms with van der Waals surface area (Å²) in [5.41, 5.74) is 2.35. The average Bonchev–Trinajstić information content (AvgIpc) is 2.84. The number of ether oxygens (including phenoxy) is 2. The van der Waals surface area contributed by atoms with Gasteiger partial charge in [0.1, 0.15) is 17.1 Å². The van der Waals surface area contributed by atoms with E-state index in [9.17, 15) is 9.90 Å². The summed E-state index contributed by atoms with van der Waals surface area (Å²) in [6.07, 6.45) is 16.3. The molecule has 0 aliphatic carbocycles. The first-order valence-corrected chi connectivity index (χ1v) is 13.4. The Morgan fingerprint density at radius 2 is 1.32 bits per heavy atom. The molecule has 0 spiro atoms. The van der Waals surface area contributed by atoms with Crippen molar-refractivity contribution in [3.63, 3.8) is 0 Å². The van der Waals surface area contributed by atoms with Gasteiger partial charge in [-0.3, -0.25) is 0 Å². The molecular formula is C30H44O4. The zero-order valence-electron chi connectivity index (χ0n) is 21.3. The number of hydrogen-bond donors (Lipinski definition) is 1. The van der Waals surface area contributed by atoms with Crippen LogP contribution in [0.4, 0.5) is 0 Å². The van der Waals surface area contributed by atoms with E-state index in [1.54, 1.807) is 6.07 Å². The first-order valence-electron chi connectivity index (χ1n) is 13.4. The third-order valence-corrected chi connectivity index (χ3v) is 6.25. The number of para-hydroxylation sites is 1. The molecule has 188 valence electrons. The van der Waals surface area contributed by atoms with Crippen LogP contribution in [-0.4, -0.2) is 17.9 Å². The van der Waals surface area contributed by atoms with Crippen molar-refractivity contribution in [2.45, 2.75) is 104 Å². The summed E-state index contributed by atoms with van der Waals surface area (Å²) in [5.74, 6) is 0.226. The van der Waals surface area contributed by atoms with Gasteiger partial charge in [-0.25, -0.2) is 4.79 Å². The van der Waals surface area contributed by atoms with E-state index < -0.39 is 5.97 Å². The van der Waals surface area contributed by atoms with Crippen molar-refractivity contribution < 1.29 is 19.4 Å². The second kappa shape index (κ2) is 17.0. The molecule has 0 aromatic heterocycles. The quantitative estimate of drug-likeness (QED) is 0.166. The molecule has 0 atom stereocenters. The first kappa shape index (κ1) is 27.8. The van der Waals surface area contributed by atoms with Crippen molar-refractivity contribution in [2.24, 2.45) is 0 Å². The van der Waals surface area contributed by atoms with Gasteiger partial charge in [-0.2, -0.15) is 0 Å². The Morgan fingerprint density at radius 1 is 0.735 bits per heavy atom. The summed E-state index contributed by atoms with van der Waals surface area (Å²) in [5, 5.41) is 9.95. The number of benzene rings is 2. The fourth-order valence-electron chi connectivity index (χ4n) is 4.29. The predicted molar refractivity (Wildman–Crippen MR) is 140 cm³/mol. The van der Waals surface area contributed by atoms with Crippen LogP contribution in [0, 0.1) is 0 Å². The van der Waals surface area contributed by atoms with Gasteiger partial charge in [0.25, 0.3) is 0 Å². The summed E-state index contributed by atoms with van der Waals surface area (Å²) in [4.78, 5) is 12.1. The van der Waals surface area contributed by atoms with E-state index in [1.165, 1.54) is 57.8 Å². The molecule has 0 fully saturated rings. The Bertz CT molecular complexity index is 816. The molecule has 0 saturated carbocycles. The lowest BCUT2D eigenvalue weighted by atomic mass is 9.96. The van der Waals surface area contributed by atoms with Crippen molar-refractivity contribution in [3.05, 3.63) is 59.2 Å². The number of aryl methyl sites for hydroxylation is 2. The Morgan fingerprint density at radius 3 is 1.94 bits per heavy atom. The Balaban J connectivity index is 2.08. The molecular weight excluding hydrogens is 424 g/mol. The van der Waals surface area contributed by atoms with Crippen molar-refractivity contribution in [2.75, 3.05) is 6.79 Å². The number of carboxylic acid groups (broad SMARTS) is 1. The lowest BCUT2D eigenvalue weighted by Crippen LogP contribution is -2.12. The molecule has 2 rings (SSSR count). The zero-order chi connectivity index (χ0) is 24.4. The van der Waals surface area contributed by atoms with E-state index in [1.807, 2.05) is 30.3 Å². The molecule has 0 unspecified atom stereocenters. The van der Waals surface area contributed by atoms with Crippen LogP contribution in [0.25, 0.3) is 0 Å². The number of aromatic carboxylic acids is 1. The van der Waals surface area contributed by atoms with Crippen LogP contribution in [0.5, 0.6) is 11.5 Å². The third-order valence-electron chi connectivity index (χ3n) is 6.25.